The van der Waals surface area contributed by atoms with E-state index in [1.807, 2.05) is 0 Å². The average molecular weight is 922 g/mol. The van der Waals surface area contributed by atoms with Crippen LogP contribution in [0.15, 0.2) is 200 Å². The van der Waals surface area contributed by atoms with Gasteiger partial charge in [0, 0.05) is 93.3 Å². The zero-order valence-corrected chi connectivity index (χ0v) is 39.4. The predicted octanol–water partition coefficient (Wildman–Crippen LogP) is 11.7. The molecular weight excluding hydrogens is 884 g/mol. The van der Waals surface area contributed by atoms with Crippen molar-refractivity contribution in [2.75, 3.05) is 0 Å². The Bertz CT molecular complexity index is 5280. The molecule has 5 aliphatic rings. The minimum absolute atomic E-state index is 0.00153. The summed E-state index contributed by atoms with van der Waals surface area (Å²) < 4.78 is 13.3. The molecule has 4 aliphatic heterocycles. The Labute approximate surface area is 417 Å². The maximum Gasteiger partial charge on any atom is 0.252 e. The molecule has 9 heterocycles. The molecule has 20 rings (SSSR count). The Balaban J connectivity index is 1.04. The van der Waals surface area contributed by atoms with Gasteiger partial charge in [-0.2, -0.15) is 0 Å². The summed E-state index contributed by atoms with van der Waals surface area (Å²) in [5.41, 5.74) is 27.8. The Morgan fingerprint density at radius 2 is 0.822 bits per heavy atom. The lowest BCUT2D eigenvalue weighted by Gasteiger charge is -2.41. The second-order valence-electron chi connectivity index (χ2n) is 21.3. The molecule has 5 aromatic heterocycles. The van der Waals surface area contributed by atoms with Gasteiger partial charge in [-0.05, 0) is 94.2 Å². The molecule has 0 spiro atoms. The molecule has 0 fully saturated rings. The van der Waals surface area contributed by atoms with E-state index in [2.05, 4.69) is 223 Å². The number of hydrogen-bond donors (Lipinski definition) is 0. The van der Waals surface area contributed by atoms with Crippen LogP contribution in [0.4, 0.5) is 0 Å². The summed E-state index contributed by atoms with van der Waals surface area (Å²) in [6, 6.07) is 70.1. The van der Waals surface area contributed by atoms with Gasteiger partial charge in [0.2, 0.25) is 0 Å². The van der Waals surface area contributed by atoms with Crippen molar-refractivity contribution >= 4 is 161 Å². The fourth-order valence-corrected chi connectivity index (χ4v) is 15.8. The van der Waals surface area contributed by atoms with Gasteiger partial charge >= 0.3 is 0 Å². The SMILES string of the molecule is C1=CCCC(n2c3ccccc3c3cc4c5c(c6ccccc6n5-c5cc6c7c8c5B4c4cccc5c9cccc(c9n-8c45)B7c4cc5c7ccccc7n(-c7ccccc7)c5c5c7ccccc7n-6c45)c32)=C1. The molecule has 0 saturated heterocycles. The number of allylic oxidation sites excluding steroid dienone is 4. The summed E-state index contributed by atoms with van der Waals surface area (Å²) in [5, 5.41) is 13.2. The molecule has 0 radical (unpaired) electrons. The first-order valence-electron chi connectivity index (χ1n) is 26.0. The highest BCUT2D eigenvalue weighted by molar-refractivity contribution is 7.04. The predicted molar refractivity (Wildman–Crippen MR) is 309 cm³/mol. The van der Waals surface area contributed by atoms with Crippen molar-refractivity contribution in [2.24, 2.45) is 0 Å². The van der Waals surface area contributed by atoms with Gasteiger partial charge in [-0.25, -0.2) is 0 Å². The van der Waals surface area contributed by atoms with Crippen molar-refractivity contribution in [1.82, 2.24) is 22.8 Å². The number of benzene rings is 10. The quantitative estimate of drug-likeness (QED) is 0.154. The Morgan fingerprint density at radius 1 is 0.342 bits per heavy atom. The van der Waals surface area contributed by atoms with E-state index >= 15 is 0 Å². The minimum atomic E-state index is 0.00153. The van der Waals surface area contributed by atoms with E-state index in [9.17, 15) is 0 Å². The van der Waals surface area contributed by atoms with Crippen LogP contribution in [0.25, 0.3) is 137 Å². The summed E-state index contributed by atoms with van der Waals surface area (Å²) in [6.07, 6.45) is 8.96. The van der Waals surface area contributed by atoms with Crippen LogP contribution in [0.3, 0.4) is 0 Å². The number of rotatable bonds is 2. The third-order valence-corrected chi connectivity index (χ3v) is 18.2. The minimum Gasteiger partial charge on any atom is -0.312 e. The third-order valence-electron chi connectivity index (χ3n) is 18.2. The van der Waals surface area contributed by atoms with E-state index in [1.165, 1.54) is 170 Å². The van der Waals surface area contributed by atoms with Gasteiger partial charge in [0.1, 0.15) is 0 Å². The summed E-state index contributed by atoms with van der Waals surface area (Å²) >= 11 is 0. The summed E-state index contributed by atoms with van der Waals surface area (Å²) in [7, 11) is 0. The van der Waals surface area contributed by atoms with Crippen LogP contribution in [0.5, 0.6) is 0 Å². The van der Waals surface area contributed by atoms with E-state index in [4.69, 9.17) is 0 Å². The first-order chi connectivity index (χ1) is 36.3. The number of aromatic nitrogens is 5. The van der Waals surface area contributed by atoms with Crippen LogP contribution in [0.2, 0.25) is 0 Å². The number of fused-ring (bicyclic) bond motifs is 21. The molecule has 15 aromatic rings. The van der Waals surface area contributed by atoms with Crippen LogP contribution in [0.1, 0.15) is 12.8 Å². The van der Waals surface area contributed by atoms with Gasteiger partial charge in [0.05, 0.1) is 44.1 Å². The fourth-order valence-electron chi connectivity index (χ4n) is 15.8. The van der Waals surface area contributed by atoms with Gasteiger partial charge in [0.25, 0.3) is 13.4 Å². The maximum absolute atomic E-state index is 2.75. The fraction of sp³-hybridized carbons (Fsp3) is 0.0303. The summed E-state index contributed by atoms with van der Waals surface area (Å²) in [6.45, 7) is 0.0106. The van der Waals surface area contributed by atoms with Crippen molar-refractivity contribution < 1.29 is 0 Å². The molecule has 0 N–H and O–H groups in total. The average Bonchev–Trinajstić information content (AvgIpc) is 4.26. The van der Waals surface area contributed by atoms with Crippen molar-refractivity contribution in [3.63, 3.8) is 0 Å². The highest BCUT2D eigenvalue weighted by atomic mass is 15.1. The van der Waals surface area contributed by atoms with Gasteiger partial charge in [-0.15, -0.1) is 0 Å². The van der Waals surface area contributed by atoms with Crippen LogP contribution >= 0.6 is 0 Å². The molecule has 332 valence electrons. The molecule has 7 heteroatoms. The first-order valence-corrected chi connectivity index (χ1v) is 26.0. The highest BCUT2D eigenvalue weighted by Gasteiger charge is 2.49. The molecule has 73 heavy (non-hydrogen) atoms. The monoisotopic (exact) mass is 921 g/mol. The second kappa shape index (κ2) is 12.3. The molecule has 0 unspecified atom stereocenters. The largest absolute Gasteiger partial charge is 0.312 e. The zero-order chi connectivity index (χ0) is 46.7. The lowest BCUT2D eigenvalue weighted by Crippen LogP contribution is -2.66. The first kappa shape index (κ1) is 36.7. The van der Waals surface area contributed by atoms with Crippen LogP contribution in [-0.4, -0.2) is 36.3 Å². The molecule has 0 atom stereocenters. The van der Waals surface area contributed by atoms with Crippen molar-refractivity contribution in [1.29, 1.82) is 0 Å². The zero-order valence-electron chi connectivity index (χ0n) is 39.4. The number of para-hydroxylation sites is 7. The van der Waals surface area contributed by atoms with E-state index in [0.717, 1.165) is 12.8 Å². The Morgan fingerprint density at radius 3 is 1.37 bits per heavy atom. The number of nitrogens with zero attached hydrogens (tertiary/aromatic N) is 5. The van der Waals surface area contributed by atoms with E-state index in [-0.39, 0.29) is 13.4 Å². The standard InChI is InChI=1S/C66H37B2N5/c1-3-17-36(18-4-1)69-50-29-11-7-21-38(50)44-33-48-64-56(62(44)69)42-23-9-13-31-52(42)71(64)54-35-55-59-66-58(54)67(48)46-27-15-25-40-41-26-16-28-47(61(41)73(66)60(40)46)68(59)49-34-45-39-22-8-12-30-51(39)70(37-19-5-2-6-20-37)63(45)57-43-24-10-14-32-53(43)72(55)65(49)57/h1-5,7-19,21-35H,6,20H2. The molecular formula is C66H37B2N5. The molecule has 1 aliphatic carbocycles. The Hall–Kier alpha value is -9.19. The van der Waals surface area contributed by atoms with Gasteiger partial charge in [-0.1, -0.05) is 152 Å². The van der Waals surface area contributed by atoms with Crippen molar-refractivity contribution in [3.8, 4) is 22.7 Å². The topological polar surface area (TPSA) is 24.6 Å². The molecule has 0 bridgehead atoms. The normalized spacial score (nSPS) is 14.7. The van der Waals surface area contributed by atoms with Gasteiger partial charge in [-0.3, -0.25) is 0 Å². The maximum atomic E-state index is 2.75. The molecule has 5 nitrogen and oxygen atoms in total. The second-order valence-corrected chi connectivity index (χ2v) is 21.3. The summed E-state index contributed by atoms with van der Waals surface area (Å²) in [4.78, 5) is 0. The molecule has 10 aromatic carbocycles. The molecule has 0 amide bonds. The smallest absolute Gasteiger partial charge is 0.252 e. The highest BCUT2D eigenvalue weighted by Crippen LogP contribution is 2.48. The summed E-state index contributed by atoms with van der Waals surface area (Å²) in [5.74, 6) is 0. The van der Waals surface area contributed by atoms with Crippen LogP contribution in [-0.2, 0) is 0 Å². The van der Waals surface area contributed by atoms with E-state index < -0.39 is 0 Å². The van der Waals surface area contributed by atoms with Gasteiger partial charge < -0.3 is 22.8 Å². The third kappa shape index (κ3) is 3.94. The van der Waals surface area contributed by atoms with Crippen LogP contribution < -0.4 is 32.8 Å². The van der Waals surface area contributed by atoms with E-state index in [0.29, 0.717) is 0 Å². The van der Waals surface area contributed by atoms with E-state index in [1.54, 1.807) is 0 Å². The van der Waals surface area contributed by atoms with Crippen molar-refractivity contribution in [3.05, 3.63) is 200 Å². The lowest BCUT2D eigenvalue weighted by atomic mass is 9.30. The van der Waals surface area contributed by atoms with Crippen molar-refractivity contribution in [2.45, 2.75) is 12.8 Å². The van der Waals surface area contributed by atoms with Crippen LogP contribution in [0, 0.1) is 0 Å². The lowest BCUT2D eigenvalue weighted by molar-refractivity contribution is 0.980. The Kier molecular flexibility index (Phi) is 6.17. The number of hydrogen-bond acceptors (Lipinski definition) is 0. The molecule has 0 saturated carbocycles. The van der Waals surface area contributed by atoms with Gasteiger partial charge in [0.15, 0.2) is 0 Å².